The van der Waals surface area contributed by atoms with Gasteiger partial charge < -0.3 is 5.32 Å². The van der Waals surface area contributed by atoms with Crippen LogP contribution in [0.4, 0.5) is 0 Å². The van der Waals surface area contributed by atoms with Crippen molar-refractivity contribution in [3.63, 3.8) is 0 Å². The van der Waals surface area contributed by atoms with Gasteiger partial charge in [0.1, 0.15) is 0 Å². The normalized spacial score (nSPS) is 12.9. The third-order valence-electron chi connectivity index (χ3n) is 4.82. The van der Waals surface area contributed by atoms with Gasteiger partial charge in [0.05, 0.1) is 5.69 Å². The second-order valence-corrected chi connectivity index (χ2v) is 7.06. The van der Waals surface area contributed by atoms with Gasteiger partial charge in [-0.25, -0.2) is 0 Å². The average molecular weight is 343 g/mol. The highest BCUT2D eigenvalue weighted by Gasteiger charge is 2.17. The van der Waals surface area contributed by atoms with Crippen molar-refractivity contribution >= 4 is 0 Å². The highest BCUT2D eigenvalue weighted by molar-refractivity contribution is 5.20. The molecule has 1 aromatic heterocycles. The highest BCUT2D eigenvalue weighted by atomic mass is 15.3. The van der Waals surface area contributed by atoms with Crippen LogP contribution in [0.3, 0.4) is 0 Å². The number of benzene rings is 1. The third kappa shape index (κ3) is 5.68. The molecule has 2 rings (SSSR count). The monoisotopic (exact) mass is 342 g/mol. The van der Waals surface area contributed by atoms with Crippen LogP contribution < -0.4 is 5.32 Å². The molecule has 2 aromatic rings. The summed E-state index contributed by atoms with van der Waals surface area (Å²) in [6.07, 6.45) is 3.23. The Morgan fingerprint density at radius 2 is 1.80 bits per heavy atom. The van der Waals surface area contributed by atoms with Gasteiger partial charge in [0.15, 0.2) is 0 Å². The molecule has 1 atom stereocenters. The zero-order valence-electron chi connectivity index (χ0n) is 16.5. The molecule has 4 heteroatoms. The summed E-state index contributed by atoms with van der Waals surface area (Å²) < 4.78 is 1.93. The second-order valence-electron chi connectivity index (χ2n) is 7.06. The quantitative estimate of drug-likeness (QED) is 0.716. The van der Waals surface area contributed by atoms with E-state index in [9.17, 15) is 0 Å². The zero-order valence-corrected chi connectivity index (χ0v) is 16.5. The number of nitrogens with one attached hydrogen (secondary N) is 1. The van der Waals surface area contributed by atoms with Crippen LogP contribution in [0.1, 0.15) is 50.4 Å². The number of aromatic nitrogens is 2. The molecule has 0 bridgehead atoms. The first-order valence-electron chi connectivity index (χ1n) is 9.56. The smallest absolute Gasteiger partial charge is 0.0694 e. The molecule has 0 amide bonds. The van der Waals surface area contributed by atoms with E-state index in [0.717, 1.165) is 32.6 Å². The van der Waals surface area contributed by atoms with E-state index in [1.165, 1.54) is 16.8 Å². The maximum Gasteiger partial charge on any atom is 0.0694 e. The van der Waals surface area contributed by atoms with Gasteiger partial charge in [-0.2, -0.15) is 5.10 Å². The van der Waals surface area contributed by atoms with Gasteiger partial charge in [0.2, 0.25) is 0 Å². The molecule has 0 saturated heterocycles. The molecule has 0 aliphatic carbocycles. The Bertz CT molecular complexity index is 614. The van der Waals surface area contributed by atoms with Crippen LogP contribution in [0, 0.1) is 0 Å². The summed E-state index contributed by atoms with van der Waals surface area (Å²) in [5.41, 5.74) is 3.93. The highest BCUT2D eigenvalue weighted by Crippen LogP contribution is 2.17. The van der Waals surface area contributed by atoms with Crippen molar-refractivity contribution in [2.45, 2.75) is 52.6 Å². The first-order valence-corrected chi connectivity index (χ1v) is 9.56. The molecule has 4 nitrogen and oxygen atoms in total. The van der Waals surface area contributed by atoms with Crippen molar-refractivity contribution in [3.8, 4) is 0 Å². The lowest BCUT2D eigenvalue weighted by atomic mass is 10.0. The molecule has 0 saturated carbocycles. The van der Waals surface area contributed by atoms with Crippen molar-refractivity contribution < 1.29 is 0 Å². The third-order valence-corrected chi connectivity index (χ3v) is 4.82. The largest absolute Gasteiger partial charge is 0.311 e. The molecule has 1 heterocycles. The van der Waals surface area contributed by atoms with Crippen LogP contribution in [0.5, 0.6) is 0 Å². The molecule has 0 fully saturated rings. The van der Waals surface area contributed by atoms with Crippen LogP contribution in [-0.4, -0.2) is 40.4 Å². The lowest BCUT2D eigenvalue weighted by Gasteiger charge is -2.30. The number of likely N-dealkylation sites (N-methyl/N-ethyl adjacent to an activating group) is 1. The van der Waals surface area contributed by atoms with Crippen molar-refractivity contribution in [1.29, 1.82) is 0 Å². The van der Waals surface area contributed by atoms with Crippen LogP contribution in [-0.2, 0) is 20.0 Å². The minimum absolute atomic E-state index is 0.459. The molecular weight excluding hydrogens is 308 g/mol. The summed E-state index contributed by atoms with van der Waals surface area (Å²) in [5.74, 6) is 0.459. The van der Waals surface area contributed by atoms with Crippen LogP contribution >= 0.6 is 0 Å². The van der Waals surface area contributed by atoms with Gasteiger partial charge in [-0.1, -0.05) is 58.0 Å². The summed E-state index contributed by atoms with van der Waals surface area (Å²) >= 11 is 0. The van der Waals surface area contributed by atoms with Crippen molar-refractivity contribution in [2.24, 2.45) is 7.05 Å². The number of nitrogens with zero attached hydrogens (tertiary/aromatic N) is 3. The van der Waals surface area contributed by atoms with Crippen molar-refractivity contribution in [3.05, 3.63) is 53.3 Å². The Morgan fingerprint density at radius 1 is 1.12 bits per heavy atom. The van der Waals surface area contributed by atoms with E-state index in [0.29, 0.717) is 12.0 Å². The van der Waals surface area contributed by atoms with Gasteiger partial charge in [-0.05, 0) is 31.0 Å². The summed E-state index contributed by atoms with van der Waals surface area (Å²) in [6.45, 7) is 13.0. The molecule has 0 spiro atoms. The van der Waals surface area contributed by atoms with Crippen LogP contribution in [0.25, 0.3) is 0 Å². The van der Waals surface area contributed by atoms with E-state index in [1.54, 1.807) is 0 Å². The fourth-order valence-corrected chi connectivity index (χ4v) is 3.51. The molecular formula is C21H34N4. The van der Waals surface area contributed by atoms with Gasteiger partial charge in [-0.3, -0.25) is 9.58 Å². The minimum Gasteiger partial charge on any atom is -0.311 e. The molecule has 0 aliphatic heterocycles. The molecule has 138 valence electrons. The van der Waals surface area contributed by atoms with E-state index in [-0.39, 0.29) is 0 Å². The van der Waals surface area contributed by atoms with E-state index >= 15 is 0 Å². The molecule has 25 heavy (non-hydrogen) atoms. The SMILES string of the molecule is CCN(CC)C(CNCc1cn(C)nc1C(C)C)Cc1ccccc1. The topological polar surface area (TPSA) is 33.1 Å². The van der Waals surface area contributed by atoms with Crippen molar-refractivity contribution in [2.75, 3.05) is 19.6 Å². The predicted molar refractivity (Wildman–Crippen MR) is 106 cm³/mol. The summed E-state index contributed by atoms with van der Waals surface area (Å²) in [5, 5.41) is 8.29. The van der Waals surface area contributed by atoms with Gasteiger partial charge in [0.25, 0.3) is 0 Å². The number of hydrogen-bond donors (Lipinski definition) is 1. The average Bonchev–Trinajstić information content (AvgIpc) is 2.98. The van der Waals surface area contributed by atoms with E-state index in [4.69, 9.17) is 0 Å². The standard InChI is InChI=1S/C21H34N4/c1-6-25(7-2)20(13-18-11-9-8-10-12-18)15-22-14-19-16-24(5)23-21(19)17(3)4/h8-12,16-17,20,22H,6-7,13-15H2,1-5H3. The fraction of sp³-hybridized carbons (Fsp3) is 0.571. The molecule has 1 aromatic carbocycles. The molecule has 1 N–H and O–H groups in total. The number of aryl methyl sites for hydroxylation is 1. The number of hydrogen-bond acceptors (Lipinski definition) is 3. The number of rotatable bonds is 10. The second kappa shape index (κ2) is 9.73. The summed E-state index contributed by atoms with van der Waals surface area (Å²) in [6, 6.07) is 11.3. The lowest BCUT2D eigenvalue weighted by molar-refractivity contribution is 0.209. The van der Waals surface area contributed by atoms with E-state index in [2.05, 4.69) is 79.5 Å². The summed E-state index contributed by atoms with van der Waals surface area (Å²) in [4.78, 5) is 2.55. The first kappa shape index (κ1) is 19.7. The van der Waals surface area contributed by atoms with E-state index < -0.39 is 0 Å². The molecule has 0 radical (unpaired) electrons. The maximum atomic E-state index is 4.61. The minimum atomic E-state index is 0.459. The van der Waals surface area contributed by atoms with Crippen molar-refractivity contribution in [1.82, 2.24) is 20.0 Å². The Balaban J connectivity index is 2.00. The maximum absolute atomic E-state index is 4.61. The zero-order chi connectivity index (χ0) is 18.2. The predicted octanol–water partition coefficient (Wildman–Crippen LogP) is 3.59. The Hall–Kier alpha value is -1.65. The molecule has 1 unspecified atom stereocenters. The fourth-order valence-electron chi connectivity index (χ4n) is 3.51. The van der Waals surface area contributed by atoms with Gasteiger partial charge in [0, 0.05) is 37.9 Å². The summed E-state index contributed by atoms with van der Waals surface area (Å²) in [7, 11) is 2.00. The Labute approximate surface area is 153 Å². The lowest BCUT2D eigenvalue weighted by Crippen LogP contribution is -2.43. The van der Waals surface area contributed by atoms with Crippen LogP contribution in [0.2, 0.25) is 0 Å². The Morgan fingerprint density at radius 3 is 2.40 bits per heavy atom. The Kier molecular flexibility index (Phi) is 7.66. The molecule has 0 aliphatic rings. The van der Waals surface area contributed by atoms with E-state index in [1.807, 2.05) is 11.7 Å². The first-order chi connectivity index (χ1) is 12.0. The van der Waals surface area contributed by atoms with Gasteiger partial charge in [-0.15, -0.1) is 0 Å². The van der Waals surface area contributed by atoms with Gasteiger partial charge >= 0.3 is 0 Å². The van der Waals surface area contributed by atoms with Crippen LogP contribution in [0.15, 0.2) is 36.5 Å².